The molecular formula is C13H22F3N3O. The van der Waals surface area contributed by atoms with Crippen LogP contribution in [-0.4, -0.2) is 41.3 Å². The molecule has 0 spiro atoms. The van der Waals surface area contributed by atoms with Crippen LogP contribution in [0.2, 0.25) is 0 Å². The highest BCUT2D eigenvalue weighted by atomic mass is 19.4. The molecule has 0 radical (unpaired) electrons. The van der Waals surface area contributed by atoms with E-state index in [0.29, 0.717) is 12.5 Å². The number of alkyl halides is 3. The summed E-state index contributed by atoms with van der Waals surface area (Å²) in [6.45, 7) is 0.479. The molecule has 116 valence electrons. The Morgan fingerprint density at radius 3 is 2.55 bits per heavy atom. The molecule has 2 rings (SSSR count). The minimum atomic E-state index is -4.47. The van der Waals surface area contributed by atoms with Crippen molar-refractivity contribution in [2.75, 3.05) is 13.1 Å². The Morgan fingerprint density at radius 2 is 1.90 bits per heavy atom. The number of oxime groups is 1. The van der Waals surface area contributed by atoms with Crippen molar-refractivity contribution in [3.63, 3.8) is 0 Å². The number of rotatable bonds is 3. The third kappa shape index (κ3) is 3.37. The predicted octanol–water partition coefficient (Wildman–Crippen LogP) is 2.57. The SMILES string of the molecule is NC(=NO)C(CN1CCCC2CCCCC21)C(F)(F)F. The molecule has 4 nitrogen and oxygen atoms in total. The van der Waals surface area contributed by atoms with E-state index in [1.165, 1.54) is 6.42 Å². The molecule has 20 heavy (non-hydrogen) atoms. The van der Waals surface area contributed by atoms with E-state index >= 15 is 0 Å². The van der Waals surface area contributed by atoms with Crippen molar-refractivity contribution in [1.29, 1.82) is 0 Å². The Balaban J connectivity index is 2.09. The normalized spacial score (nSPS) is 30.9. The fourth-order valence-electron chi connectivity index (χ4n) is 3.62. The van der Waals surface area contributed by atoms with Crippen LogP contribution in [-0.2, 0) is 0 Å². The maximum atomic E-state index is 13.0. The van der Waals surface area contributed by atoms with E-state index in [1.54, 1.807) is 0 Å². The van der Waals surface area contributed by atoms with Crippen LogP contribution >= 0.6 is 0 Å². The molecule has 2 aliphatic rings. The van der Waals surface area contributed by atoms with Crippen LogP contribution in [0.1, 0.15) is 38.5 Å². The van der Waals surface area contributed by atoms with Gasteiger partial charge in [-0.1, -0.05) is 18.0 Å². The van der Waals surface area contributed by atoms with Gasteiger partial charge < -0.3 is 10.9 Å². The number of amidine groups is 1. The summed E-state index contributed by atoms with van der Waals surface area (Å²) in [5, 5.41) is 11.1. The molecular weight excluding hydrogens is 271 g/mol. The average Bonchev–Trinajstić information content (AvgIpc) is 2.42. The first-order valence-corrected chi connectivity index (χ1v) is 7.21. The van der Waals surface area contributed by atoms with E-state index in [1.807, 2.05) is 4.90 Å². The van der Waals surface area contributed by atoms with Gasteiger partial charge in [0.2, 0.25) is 0 Å². The summed E-state index contributed by atoms with van der Waals surface area (Å²) in [6.07, 6.45) is 1.91. The number of likely N-dealkylation sites (tertiary alicyclic amines) is 1. The Morgan fingerprint density at radius 1 is 1.25 bits per heavy atom. The van der Waals surface area contributed by atoms with Crippen molar-refractivity contribution in [2.45, 2.75) is 50.7 Å². The molecule has 3 unspecified atom stereocenters. The minimum absolute atomic E-state index is 0.194. The first-order chi connectivity index (χ1) is 9.43. The second-order valence-corrected chi connectivity index (χ2v) is 5.87. The van der Waals surface area contributed by atoms with E-state index in [-0.39, 0.29) is 12.6 Å². The zero-order valence-electron chi connectivity index (χ0n) is 11.4. The molecule has 0 amide bonds. The largest absolute Gasteiger partial charge is 0.409 e. The predicted molar refractivity (Wildman–Crippen MR) is 69.5 cm³/mol. The second-order valence-electron chi connectivity index (χ2n) is 5.87. The zero-order chi connectivity index (χ0) is 14.8. The molecule has 2 fully saturated rings. The number of hydrogen-bond acceptors (Lipinski definition) is 3. The molecule has 3 N–H and O–H groups in total. The van der Waals surface area contributed by atoms with Crippen LogP contribution < -0.4 is 5.73 Å². The van der Waals surface area contributed by atoms with Gasteiger partial charge in [-0.3, -0.25) is 4.90 Å². The topological polar surface area (TPSA) is 61.9 Å². The van der Waals surface area contributed by atoms with E-state index in [9.17, 15) is 13.2 Å². The Bertz CT molecular complexity index is 357. The number of nitrogens with two attached hydrogens (primary N) is 1. The summed E-state index contributed by atoms with van der Waals surface area (Å²) in [7, 11) is 0. The summed E-state index contributed by atoms with van der Waals surface area (Å²) in [4.78, 5) is 1.91. The average molecular weight is 293 g/mol. The van der Waals surface area contributed by atoms with E-state index in [2.05, 4.69) is 5.16 Å². The Kier molecular flexibility index (Phi) is 4.78. The van der Waals surface area contributed by atoms with Crippen LogP contribution in [0.15, 0.2) is 5.16 Å². The third-order valence-electron chi connectivity index (χ3n) is 4.64. The molecule has 3 atom stereocenters. The number of halogens is 3. The first-order valence-electron chi connectivity index (χ1n) is 7.21. The van der Waals surface area contributed by atoms with E-state index < -0.39 is 17.9 Å². The molecule has 1 heterocycles. The fraction of sp³-hybridized carbons (Fsp3) is 0.923. The lowest BCUT2D eigenvalue weighted by Gasteiger charge is -2.45. The highest BCUT2D eigenvalue weighted by molar-refractivity contribution is 5.83. The zero-order valence-corrected chi connectivity index (χ0v) is 11.4. The molecule has 1 saturated carbocycles. The second kappa shape index (κ2) is 6.20. The molecule has 1 aliphatic heterocycles. The smallest absolute Gasteiger partial charge is 0.400 e. The van der Waals surface area contributed by atoms with Gasteiger partial charge >= 0.3 is 6.18 Å². The van der Waals surface area contributed by atoms with Gasteiger partial charge in [0.1, 0.15) is 5.92 Å². The summed E-state index contributed by atoms with van der Waals surface area (Å²) in [5.74, 6) is -2.11. The van der Waals surface area contributed by atoms with Gasteiger partial charge in [-0.05, 0) is 38.1 Å². The van der Waals surface area contributed by atoms with Crippen molar-refractivity contribution in [3.8, 4) is 0 Å². The molecule has 0 aromatic carbocycles. The fourth-order valence-corrected chi connectivity index (χ4v) is 3.62. The van der Waals surface area contributed by atoms with Gasteiger partial charge in [-0.25, -0.2) is 0 Å². The van der Waals surface area contributed by atoms with Crippen LogP contribution in [0.5, 0.6) is 0 Å². The highest BCUT2D eigenvalue weighted by Gasteiger charge is 2.45. The number of fused-ring (bicyclic) bond motifs is 1. The van der Waals surface area contributed by atoms with Crippen LogP contribution in [0.3, 0.4) is 0 Å². The quantitative estimate of drug-likeness (QED) is 0.364. The van der Waals surface area contributed by atoms with Gasteiger partial charge in [-0.2, -0.15) is 13.2 Å². The maximum Gasteiger partial charge on any atom is 0.400 e. The molecule has 1 saturated heterocycles. The number of hydrogen-bond donors (Lipinski definition) is 2. The van der Waals surface area contributed by atoms with Gasteiger partial charge in [0, 0.05) is 12.6 Å². The molecule has 0 bridgehead atoms. The van der Waals surface area contributed by atoms with Gasteiger partial charge in [0.15, 0.2) is 5.84 Å². The van der Waals surface area contributed by atoms with Crippen LogP contribution in [0.25, 0.3) is 0 Å². The van der Waals surface area contributed by atoms with Gasteiger partial charge in [-0.15, -0.1) is 0 Å². The van der Waals surface area contributed by atoms with Crippen LogP contribution in [0.4, 0.5) is 13.2 Å². The number of nitrogens with zero attached hydrogens (tertiary/aromatic N) is 2. The van der Waals surface area contributed by atoms with Crippen molar-refractivity contribution in [1.82, 2.24) is 4.90 Å². The minimum Gasteiger partial charge on any atom is -0.409 e. The van der Waals surface area contributed by atoms with Crippen molar-refractivity contribution >= 4 is 5.84 Å². The van der Waals surface area contributed by atoms with Gasteiger partial charge in [0.05, 0.1) is 0 Å². The lowest BCUT2D eigenvalue weighted by atomic mass is 9.78. The summed E-state index contributed by atoms with van der Waals surface area (Å²) in [6, 6.07) is 0.230. The van der Waals surface area contributed by atoms with Crippen molar-refractivity contribution < 1.29 is 18.4 Å². The Labute approximate surface area is 116 Å². The van der Waals surface area contributed by atoms with Gasteiger partial charge in [0.25, 0.3) is 0 Å². The molecule has 0 aromatic heterocycles. The molecule has 0 aromatic rings. The Hall–Kier alpha value is -0.980. The maximum absolute atomic E-state index is 13.0. The van der Waals surface area contributed by atoms with E-state index in [4.69, 9.17) is 10.9 Å². The third-order valence-corrected chi connectivity index (χ3v) is 4.64. The monoisotopic (exact) mass is 293 g/mol. The molecule has 1 aliphatic carbocycles. The lowest BCUT2D eigenvalue weighted by Crippen LogP contribution is -2.52. The van der Waals surface area contributed by atoms with Crippen LogP contribution in [0, 0.1) is 11.8 Å². The number of piperidine rings is 1. The van der Waals surface area contributed by atoms with E-state index in [0.717, 1.165) is 32.1 Å². The highest BCUT2D eigenvalue weighted by Crippen LogP contribution is 2.37. The lowest BCUT2D eigenvalue weighted by molar-refractivity contribution is -0.163. The van der Waals surface area contributed by atoms with Crippen molar-refractivity contribution in [2.24, 2.45) is 22.7 Å². The molecule has 7 heteroatoms. The summed E-state index contributed by atoms with van der Waals surface area (Å²) < 4.78 is 39.1. The summed E-state index contributed by atoms with van der Waals surface area (Å²) >= 11 is 0. The first kappa shape index (κ1) is 15.4. The van der Waals surface area contributed by atoms with Crippen molar-refractivity contribution in [3.05, 3.63) is 0 Å². The standard InChI is InChI=1S/C13H22F3N3O/c14-13(15,16)10(12(17)18-20)8-19-7-3-5-9-4-1-2-6-11(9)19/h9-11,20H,1-8H2,(H2,17,18). The summed E-state index contributed by atoms with van der Waals surface area (Å²) in [5.41, 5.74) is 5.24.